The summed E-state index contributed by atoms with van der Waals surface area (Å²) in [6, 6.07) is 12.7. The second kappa shape index (κ2) is 10.8. The van der Waals surface area contributed by atoms with Gasteiger partial charge in [-0.05, 0) is 44.5 Å². The molecule has 1 fully saturated rings. The van der Waals surface area contributed by atoms with E-state index in [-0.39, 0.29) is 56.6 Å². The second-order valence-electron chi connectivity index (χ2n) is 8.13. The van der Waals surface area contributed by atoms with Gasteiger partial charge >= 0.3 is 5.97 Å². The van der Waals surface area contributed by atoms with Crippen molar-refractivity contribution in [3.8, 4) is 5.75 Å². The average molecular weight is 475 g/mol. The molecule has 1 aliphatic heterocycles. The lowest BCUT2D eigenvalue weighted by Crippen LogP contribution is -2.51. The molecule has 8 nitrogen and oxygen atoms in total. The van der Waals surface area contributed by atoms with Crippen LogP contribution in [0.25, 0.3) is 0 Å². The molecule has 3 rings (SSSR count). The lowest BCUT2D eigenvalue weighted by Gasteiger charge is -2.34. The molecule has 9 heteroatoms. The summed E-state index contributed by atoms with van der Waals surface area (Å²) in [6.07, 6.45) is 0.0308. The Morgan fingerprint density at radius 3 is 2.18 bits per heavy atom. The van der Waals surface area contributed by atoms with Gasteiger partial charge in [0, 0.05) is 26.2 Å². The normalized spacial score (nSPS) is 14.7. The molecular weight excluding hydrogens is 444 g/mol. The Kier molecular flexibility index (Phi) is 8.10. The van der Waals surface area contributed by atoms with Gasteiger partial charge in [-0.1, -0.05) is 35.4 Å². The maximum absolute atomic E-state index is 13.0. The molecule has 0 unspecified atom stereocenters. The fraction of sp³-hybridized carbons (Fsp3) is 0.417. The number of esters is 1. The minimum absolute atomic E-state index is 0.0308. The number of amides is 1. The molecule has 1 heterocycles. The Hall–Kier alpha value is -2.91. The summed E-state index contributed by atoms with van der Waals surface area (Å²) in [4.78, 5) is 26.1. The summed E-state index contributed by atoms with van der Waals surface area (Å²) < 4.78 is 37.9. The van der Waals surface area contributed by atoms with Gasteiger partial charge in [-0.15, -0.1) is 0 Å². The number of piperazine rings is 1. The van der Waals surface area contributed by atoms with Gasteiger partial charge < -0.3 is 14.4 Å². The van der Waals surface area contributed by atoms with Crippen molar-refractivity contribution >= 4 is 21.9 Å². The van der Waals surface area contributed by atoms with E-state index in [1.807, 2.05) is 44.2 Å². The zero-order valence-corrected chi connectivity index (χ0v) is 20.1. The monoisotopic (exact) mass is 474 g/mol. The number of carbonyl (C=O) groups excluding carboxylic acids is 2. The van der Waals surface area contributed by atoms with Crippen LogP contribution in [0.15, 0.2) is 47.4 Å². The molecule has 1 saturated heterocycles. The van der Waals surface area contributed by atoms with Crippen molar-refractivity contribution in [1.82, 2.24) is 9.21 Å². The molecule has 0 spiro atoms. The van der Waals surface area contributed by atoms with E-state index in [0.717, 1.165) is 11.1 Å². The third-order valence-electron chi connectivity index (χ3n) is 5.49. The van der Waals surface area contributed by atoms with Crippen LogP contribution in [0.2, 0.25) is 0 Å². The SMILES string of the molecule is Cc1ccc(OCCC(=O)OCC(=O)N2CCN(S(=O)(=O)c3ccc(C)cc3C)CC2)cc1. The van der Waals surface area contributed by atoms with E-state index in [1.54, 1.807) is 19.1 Å². The molecule has 0 radical (unpaired) electrons. The van der Waals surface area contributed by atoms with Crippen molar-refractivity contribution < 1.29 is 27.5 Å². The summed E-state index contributed by atoms with van der Waals surface area (Å²) in [5, 5.41) is 0. The van der Waals surface area contributed by atoms with Crippen LogP contribution in [0.3, 0.4) is 0 Å². The van der Waals surface area contributed by atoms with E-state index < -0.39 is 16.0 Å². The van der Waals surface area contributed by atoms with E-state index in [4.69, 9.17) is 9.47 Å². The van der Waals surface area contributed by atoms with Gasteiger partial charge in [0.2, 0.25) is 10.0 Å². The van der Waals surface area contributed by atoms with Crippen LogP contribution in [0.4, 0.5) is 0 Å². The third kappa shape index (κ3) is 6.55. The standard InChI is InChI=1S/C24H30N2O6S/c1-18-4-7-21(8-5-18)31-15-10-24(28)32-17-23(27)25-11-13-26(14-12-25)33(29,30)22-9-6-19(2)16-20(22)3/h4-9,16H,10-15,17H2,1-3H3. The van der Waals surface area contributed by atoms with Crippen molar-refractivity contribution in [1.29, 1.82) is 0 Å². The summed E-state index contributed by atoms with van der Waals surface area (Å²) in [5.74, 6) is -0.198. The first-order valence-electron chi connectivity index (χ1n) is 10.9. The van der Waals surface area contributed by atoms with Crippen LogP contribution in [0, 0.1) is 20.8 Å². The van der Waals surface area contributed by atoms with Gasteiger partial charge in [0.25, 0.3) is 5.91 Å². The number of ether oxygens (including phenoxy) is 2. The molecule has 2 aromatic carbocycles. The first kappa shape index (κ1) is 24.7. The average Bonchev–Trinajstić information content (AvgIpc) is 2.78. The van der Waals surface area contributed by atoms with Crippen molar-refractivity contribution in [2.24, 2.45) is 0 Å². The van der Waals surface area contributed by atoms with E-state index in [2.05, 4.69) is 0 Å². The highest BCUT2D eigenvalue weighted by Crippen LogP contribution is 2.22. The molecule has 33 heavy (non-hydrogen) atoms. The van der Waals surface area contributed by atoms with Crippen LogP contribution < -0.4 is 4.74 Å². The first-order chi connectivity index (χ1) is 15.7. The number of aryl methyl sites for hydroxylation is 3. The maximum atomic E-state index is 13.0. The van der Waals surface area contributed by atoms with Gasteiger partial charge in [-0.2, -0.15) is 4.31 Å². The van der Waals surface area contributed by atoms with E-state index >= 15 is 0 Å². The van der Waals surface area contributed by atoms with Gasteiger partial charge in [0.05, 0.1) is 17.9 Å². The molecular formula is C24H30N2O6S. The summed E-state index contributed by atoms with van der Waals surface area (Å²) in [6.45, 7) is 6.34. The van der Waals surface area contributed by atoms with E-state index in [1.165, 1.54) is 9.21 Å². The number of rotatable bonds is 8. The first-order valence-corrected chi connectivity index (χ1v) is 12.3. The number of carbonyl (C=O) groups is 2. The summed E-state index contributed by atoms with van der Waals surface area (Å²) >= 11 is 0. The van der Waals surface area contributed by atoms with Crippen molar-refractivity contribution in [2.75, 3.05) is 39.4 Å². The van der Waals surface area contributed by atoms with Gasteiger partial charge in [0.1, 0.15) is 5.75 Å². The smallest absolute Gasteiger partial charge is 0.309 e. The molecule has 2 aromatic rings. The van der Waals surface area contributed by atoms with Crippen molar-refractivity contribution in [2.45, 2.75) is 32.1 Å². The lowest BCUT2D eigenvalue weighted by atomic mass is 10.2. The van der Waals surface area contributed by atoms with Crippen molar-refractivity contribution in [3.63, 3.8) is 0 Å². The number of sulfonamides is 1. The number of hydrogen-bond acceptors (Lipinski definition) is 6. The molecule has 1 aliphatic rings. The quantitative estimate of drug-likeness (QED) is 0.546. The van der Waals surface area contributed by atoms with Crippen molar-refractivity contribution in [3.05, 3.63) is 59.2 Å². The van der Waals surface area contributed by atoms with Gasteiger partial charge in [-0.3, -0.25) is 9.59 Å². The second-order valence-corrected chi connectivity index (χ2v) is 10.0. The predicted molar refractivity (Wildman–Crippen MR) is 124 cm³/mol. The van der Waals surface area contributed by atoms with E-state index in [0.29, 0.717) is 11.3 Å². The number of hydrogen-bond donors (Lipinski definition) is 0. The van der Waals surface area contributed by atoms with Crippen LogP contribution in [0.5, 0.6) is 5.75 Å². The van der Waals surface area contributed by atoms with Crippen LogP contribution in [0.1, 0.15) is 23.1 Å². The summed E-state index contributed by atoms with van der Waals surface area (Å²) in [5.41, 5.74) is 2.81. The molecule has 0 atom stereocenters. The molecule has 0 aromatic heterocycles. The Morgan fingerprint density at radius 1 is 0.909 bits per heavy atom. The van der Waals surface area contributed by atoms with Crippen LogP contribution in [-0.2, 0) is 24.3 Å². The van der Waals surface area contributed by atoms with Crippen LogP contribution >= 0.6 is 0 Å². The zero-order valence-electron chi connectivity index (χ0n) is 19.2. The molecule has 0 bridgehead atoms. The number of nitrogens with zero attached hydrogens (tertiary/aromatic N) is 2. The Balaban J connectivity index is 1.41. The Morgan fingerprint density at radius 2 is 1.55 bits per heavy atom. The van der Waals surface area contributed by atoms with E-state index in [9.17, 15) is 18.0 Å². The molecule has 1 amide bonds. The van der Waals surface area contributed by atoms with Gasteiger partial charge in [-0.25, -0.2) is 8.42 Å². The Labute approximate surface area is 195 Å². The maximum Gasteiger partial charge on any atom is 0.309 e. The highest BCUT2D eigenvalue weighted by atomic mass is 32.2. The fourth-order valence-electron chi connectivity index (χ4n) is 3.60. The molecule has 178 valence electrons. The largest absolute Gasteiger partial charge is 0.493 e. The highest BCUT2D eigenvalue weighted by molar-refractivity contribution is 7.89. The minimum atomic E-state index is -3.62. The number of benzene rings is 2. The topological polar surface area (TPSA) is 93.2 Å². The van der Waals surface area contributed by atoms with Crippen LogP contribution in [-0.4, -0.2) is 68.9 Å². The molecule has 0 saturated carbocycles. The van der Waals surface area contributed by atoms with Gasteiger partial charge in [0.15, 0.2) is 6.61 Å². The fourth-order valence-corrected chi connectivity index (χ4v) is 5.23. The summed E-state index contributed by atoms with van der Waals surface area (Å²) in [7, 11) is -3.62. The Bertz CT molecular complexity index is 1090. The third-order valence-corrected chi connectivity index (χ3v) is 7.55. The highest BCUT2D eigenvalue weighted by Gasteiger charge is 2.31. The lowest BCUT2D eigenvalue weighted by molar-refractivity contribution is -0.152. The zero-order chi connectivity index (χ0) is 24.0. The molecule has 0 N–H and O–H groups in total. The predicted octanol–water partition coefficient (Wildman–Crippen LogP) is 2.46. The minimum Gasteiger partial charge on any atom is -0.493 e. The molecule has 0 aliphatic carbocycles.